The van der Waals surface area contributed by atoms with Crippen LogP contribution in [-0.4, -0.2) is 22.6 Å². The smallest absolute Gasteiger partial charge is 0.280 e. The van der Waals surface area contributed by atoms with Gasteiger partial charge in [0, 0.05) is 16.9 Å². The third-order valence-electron chi connectivity index (χ3n) is 4.18. The van der Waals surface area contributed by atoms with E-state index in [1.807, 2.05) is 0 Å². The average molecular weight is 433 g/mol. The third-order valence-corrected chi connectivity index (χ3v) is 5.83. The summed E-state index contributed by atoms with van der Waals surface area (Å²) in [5, 5.41) is 4.34. The van der Waals surface area contributed by atoms with E-state index in [0.717, 1.165) is 12.1 Å². The largest absolute Gasteiger partial charge is 0.350 e. The Kier molecular flexibility index (Phi) is 4.85. The highest BCUT2D eigenvalue weighted by atomic mass is 35.5. The van der Waals surface area contributed by atoms with Gasteiger partial charge >= 0.3 is 5.69 Å². The number of nitrogens with zero attached hydrogens (tertiary/aromatic N) is 3. The molecule has 0 saturated carbocycles. The van der Waals surface area contributed by atoms with Gasteiger partial charge in [0.1, 0.15) is 10.7 Å². The number of hydrogen-bond donors (Lipinski definition) is 1. The average Bonchev–Trinajstić information content (AvgIpc) is 2.97. The summed E-state index contributed by atoms with van der Waals surface area (Å²) in [6.45, 7) is 0.144. The van der Waals surface area contributed by atoms with E-state index in [-0.39, 0.29) is 22.9 Å². The van der Waals surface area contributed by atoms with Crippen LogP contribution in [0, 0.1) is 5.82 Å². The molecule has 0 atom stereocenters. The van der Waals surface area contributed by atoms with Crippen LogP contribution in [0.4, 0.5) is 10.1 Å². The zero-order chi connectivity index (χ0) is 20.6. The van der Waals surface area contributed by atoms with Crippen molar-refractivity contribution in [3.05, 3.63) is 93.7 Å². The number of fused-ring (bicyclic) bond motifs is 1. The van der Waals surface area contributed by atoms with Crippen LogP contribution >= 0.6 is 11.6 Å². The predicted molar refractivity (Wildman–Crippen MR) is 107 cm³/mol. The van der Waals surface area contributed by atoms with Gasteiger partial charge in [-0.1, -0.05) is 29.8 Å². The molecule has 2 aromatic heterocycles. The maximum absolute atomic E-state index is 14.0. The maximum atomic E-state index is 14.0. The summed E-state index contributed by atoms with van der Waals surface area (Å²) in [6, 6.07) is 15.0. The fraction of sp³-hybridized carbons (Fsp3) is 0.0526. The molecule has 29 heavy (non-hydrogen) atoms. The van der Waals surface area contributed by atoms with Crippen molar-refractivity contribution in [2.45, 2.75) is 11.4 Å². The van der Waals surface area contributed by atoms with Crippen LogP contribution in [-0.2, 0) is 16.6 Å². The molecule has 0 aliphatic heterocycles. The quantitative estimate of drug-likeness (QED) is 0.525. The fourth-order valence-electron chi connectivity index (χ4n) is 2.88. The van der Waals surface area contributed by atoms with Crippen molar-refractivity contribution < 1.29 is 12.8 Å². The van der Waals surface area contributed by atoms with Crippen molar-refractivity contribution in [1.82, 2.24) is 14.2 Å². The number of benzene rings is 2. The van der Waals surface area contributed by atoms with Crippen LogP contribution in [0.3, 0.4) is 0 Å². The Hall–Kier alpha value is -3.17. The molecule has 0 bridgehead atoms. The summed E-state index contributed by atoms with van der Waals surface area (Å²) in [5.74, 6) is -0.947. The molecule has 4 aromatic rings. The summed E-state index contributed by atoms with van der Waals surface area (Å²) < 4.78 is 44.1. The minimum Gasteiger partial charge on any atom is -0.280 e. The minimum absolute atomic E-state index is 0.0985. The van der Waals surface area contributed by atoms with Crippen LogP contribution in [0.5, 0.6) is 0 Å². The Morgan fingerprint density at radius 3 is 2.66 bits per heavy atom. The molecule has 0 saturated heterocycles. The van der Waals surface area contributed by atoms with Crippen LogP contribution in [0.2, 0.25) is 5.02 Å². The first-order chi connectivity index (χ1) is 13.8. The normalized spacial score (nSPS) is 11.7. The van der Waals surface area contributed by atoms with Crippen LogP contribution in [0.15, 0.2) is 76.6 Å². The van der Waals surface area contributed by atoms with Gasteiger partial charge < -0.3 is 0 Å². The number of halogens is 2. The van der Waals surface area contributed by atoms with Crippen molar-refractivity contribution in [2.24, 2.45) is 0 Å². The molecular formula is C19H14ClFN4O3S. The van der Waals surface area contributed by atoms with Gasteiger partial charge in [-0.25, -0.2) is 22.3 Å². The lowest BCUT2D eigenvalue weighted by atomic mass is 10.2. The van der Waals surface area contributed by atoms with E-state index < -0.39 is 20.7 Å². The Bertz CT molecular complexity index is 1380. The van der Waals surface area contributed by atoms with Gasteiger partial charge in [-0.3, -0.25) is 9.12 Å². The number of pyridine rings is 1. The number of nitrogens with one attached hydrogen (secondary N) is 1. The minimum atomic E-state index is -4.15. The molecule has 7 nitrogen and oxygen atoms in total. The second-order valence-electron chi connectivity index (χ2n) is 6.25. The van der Waals surface area contributed by atoms with E-state index in [1.54, 1.807) is 42.6 Å². The molecule has 2 aromatic carbocycles. The van der Waals surface area contributed by atoms with E-state index in [4.69, 9.17) is 11.6 Å². The van der Waals surface area contributed by atoms with Crippen molar-refractivity contribution in [3.63, 3.8) is 0 Å². The lowest BCUT2D eigenvalue weighted by molar-refractivity contribution is 0.570. The second-order valence-corrected chi connectivity index (χ2v) is 8.34. The topological polar surface area (TPSA) is 85.5 Å². The molecular weight excluding hydrogens is 419 g/mol. The number of aromatic nitrogens is 3. The molecule has 4 rings (SSSR count). The second kappa shape index (κ2) is 7.34. The van der Waals surface area contributed by atoms with Gasteiger partial charge in [0.05, 0.1) is 6.54 Å². The first-order valence-corrected chi connectivity index (χ1v) is 10.3. The van der Waals surface area contributed by atoms with E-state index in [1.165, 1.54) is 21.2 Å². The molecule has 0 aliphatic carbocycles. The van der Waals surface area contributed by atoms with Crippen LogP contribution in [0.25, 0.3) is 5.65 Å². The lowest BCUT2D eigenvalue weighted by Gasteiger charge is -2.10. The summed E-state index contributed by atoms with van der Waals surface area (Å²) in [7, 11) is -4.15. The Morgan fingerprint density at radius 1 is 1.07 bits per heavy atom. The van der Waals surface area contributed by atoms with E-state index in [9.17, 15) is 17.6 Å². The van der Waals surface area contributed by atoms with Gasteiger partial charge in [-0.15, -0.1) is 5.10 Å². The van der Waals surface area contributed by atoms with E-state index in [2.05, 4.69) is 9.82 Å². The SMILES string of the molecule is O=c1n(Cc2cccc(NS(=O)(=O)c3ccc(Cl)cc3F)c2)nc2ccccn12. The number of rotatable bonds is 5. The first kappa shape index (κ1) is 19.2. The van der Waals surface area contributed by atoms with Crippen molar-refractivity contribution in [2.75, 3.05) is 4.72 Å². The van der Waals surface area contributed by atoms with Gasteiger partial charge in [-0.2, -0.15) is 0 Å². The molecule has 10 heteroatoms. The van der Waals surface area contributed by atoms with Crippen LogP contribution in [0.1, 0.15) is 5.56 Å². The van der Waals surface area contributed by atoms with Gasteiger partial charge in [0.2, 0.25) is 0 Å². The number of anilines is 1. The van der Waals surface area contributed by atoms with E-state index in [0.29, 0.717) is 11.2 Å². The van der Waals surface area contributed by atoms with Crippen molar-refractivity contribution >= 4 is 33.0 Å². The van der Waals surface area contributed by atoms with Gasteiger partial charge in [0.15, 0.2) is 5.65 Å². The maximum Gasteiger partial charge on any atom is 0.350 e. The lowest BCUT2D eigenvalue weighted by Crippen LogP contribution is -2.21. The summed E-state index contributed by atoms with van der Waals surface area (Å²) in [4.78, 5) is 11.9. The zero-order valence-electron chi connectivity index (χ0n) is 14.8. The van der Waals surface area contributed by atoms with Crippen molar-refractivity contribution in [3.8, 4) is 0 Å². The number of hydrogen-bond acceptors (Lipinski definition) is 4. The Balaban J connectivity index is 1.61. The zero-order valence-corrected chi connectivity index (χ0v) is 16.4. The highest BCUT2D eigenvalue weighted by molar-refractivity contribution is 7.92. The molecule has 148 valence electrons. The molecule has 0 radical (unpaired) electrons. The monoisotopic (exact) mass is 432 g/mol. The Labute approximate surface area is 170 Å². The third kappa shape index (κ3) is 3.87. The standard InChI is InChI=1S/C19H14ClFN4O3S/c20-14-7-8-17(16(21)11-14)29(27,28)23-15-5-3-4-13(10-15)12-25-19(26)24-9-2-1-6-18(24)22-25/h1-11,23H,12H2. The summed E-state index contributed by atoms with van der Waals surface area (Å²) >= 11 is 5.68. The van der Waals surface area contributed by atoms with E-state index >= 15 is 0 Å². The highest BCUT2D eigenvalue weighted by Crippen LogP contribution is 2.22. The van der Waals surface area contributed by atoms with Gasteiger partial charge in [0.25, 0.3) is 10.0 Å². The highest BCUT2D eigenvalue weighted by Gasteiger charge is 2.19. The fourth-order valence-corrected chi connectivity index (χ4v) is 4.15. The van der Waals surface area contributed by atoms with Crippen molar-refractivity contribution in [1.29, 1.82) is 0 Å². The molecule has 2 heterocycles. The molecule has 0 amide bonds. The molecule has 1 N–H and O–H groups in total. The molecule has 0 fully saturated rings. The predicted octanol–water partition coefficient (Wildman–Crippen LogP) is 3.14. The van der Waals surface area contributed by atoms with Crippen LogP contribution < -0.4 is 10.4 Å². The first-order valence-electron chi connectivity index (χ1n) is 8.44. The molecule has 0 spiro atoms. The van der Waals surface area contributed by atoms with Gasteiger partial charge in [-0.05, 0) is 48.0 Å². The summed E-state index contributed by atoms with van der Waals surface area (Å²) in [6.07, 6.45) is 1.62. The summed E-state index contributed by atoms with van der Waals surface area (Å²) in [5.41, 5.74) is 1.07. The number of sulfonamides is 1. The molecule has 0 unspecified atom stereocenters. The molecule has 0 aliphatic rings. The Morgan fingerprint density at radius 2 is 1.90 bits per heavy atom.